The topological polar surface area (TPSA) is 96.0 Å². The highest BCUT2D eigenvalue weighted by molar-refractivity contribution is 9.10. The molecule has 0 fully saturated rings. The van der Waals surface area contributed by atoms with Gasteiger partial charge in [-0.25, -0.2) is 8.42 Å². The first-order chi connectivity index (χ1) is 18.2. The number of anilines is 1. The molecule has 202 valence electrons. The SMILES string of the molecule is CCNC(=O)C(CC)N(Cc1ccc(OC)cc1)C(=O)CN(c1cccc(Br)c1)S(=O)(=O)c1ccccc1. The van der Waals surface area contributed by atoms with Crippen LogP contribution in [0.5, 0.6) is 5.75 Å². The molecule has 1 N–H and O–H groups in total. The summed E-state index contributed by atoms with van der Waals surface area (Å²) in [4.78, 5) is 28.4. The number of amides is 2. The molecule has 0 aliphatic rings. The first-order valence-corrected chi connectivity index (χ1v) is 14.5. The minimum Gasteiger partial charge on any atom is -0.497 e. The molecule has 0 radical (unpaired) electrons. The summed E-state index contributed by atoms with van der Waals surface area (Å²) in [6.45, 7) is 3.67. The second-order valence-electron chi connectivity index (χ2n) is 8.49. The van der Waals surface area contributed by atoms with Crippen molar-refractivity contribution in [1.82, 2.24) is 10.2 Å². The molecule has 0 aromatic heterocycles. The number of hydrogen-bond donors (Lipinski definition) is 1. The van der Waals surface area contributed by atoms with Crippen LogP contribution in [-0.4, -0.2) is 51.4 Å². The molecule has 0 spiro atoms. The van der Waals surface area contributed by atoms with Gasteiger partial charge in [-0.3, -0.25) is 13.9 Å². The van der Waals surface area contributed by atoms with E-state index in [2.05, 4.69) is 21.2 Å². The highest BCUT2D eigenvalue weighted by Gasteiger charge is 2.33. The molecule has 0 saturated carbocycles. The third-order valence-corrected chi connectivity index (χ3v) is 8.24. The van der Waals surface area contributed by atoms with Crippen LogP contribution in [0.1, 0.15) is 25.8 Å². The molecule has 3 rings (SSSR count). The van der Waals surface area contributed by atoms with Crippen LogP contribution >= 0.6 is 15.9 Å². The minimum absolute atomic E-state index is 0.0604. The van der Waals surface area contributed by atoms with E-state index in [1.807, 2.05) is 26.0 Å². The Hall–Kier alpha value is -3.37. The van der Waals surface area contributed by atoms with Gasteiger partial charge >= 0.3 is 0 Å². The monoisotopic (exact) mass is 601 g/mol. The number of nitrogens with zero attached hydrogens (tertiary/aromatic N) is 2. The van der Waals surface area contributed by atoms with Crippen LogP contribution in [-0.2, 0) is 26.2 Å². The molecule has 3 aromatic rings. The predicted molar refractivity (Wildman–Crippen MR) is 151 cm³/mol. The molecule has 38 heavy (non-hydrogen) atoms. The van der Waals surface area contributed by atoms with Gasteiger partial charge in [0.2, 0.25) is 11.8 Å². The largest absolute Gasteiger partial charge is 0.497 e. The molecule has 0 heterocycles. The number of halogens is 1. The fraction of sp³-hybridized carbons (Fsp3) is 0.286. The van der Waals surface area contributed by atoms with Crippen LogP contribution < -0.4 is 14.4 Å². The standard InChI is InChI=1S/C28H32BrN3O5S/c1-4-26(28(34)30-5-2)31(19-21-14-16-24(37-3)17-15-21)27(33)20-32(23-11-9-10-22(29)18-23)38(35,36)25-12-7-6-8-13-25/h6-18,26H,4-5,19-20H2,1-3H3,(H,30,34). The molecule has 0 bridgehead atoms. The quantitative estimate of drug-likeness (QED) is 0.327. The molecule has 0 aliphatic heterocycles. The van der Waals surface area contributed by atoms with E-state index in [9.17, 15) is 18.0 Å². The van der Waals surface area contributed by atoms with Gasteiger partial charge in [0.15, 0.2) is 0 Å². The first-order valence-electron chi connectivity index (χ1n) is 12.2. The van der Waals surface area contributed by atoms with Crippen molar-refractivity contribution in [3.05, 3.63) is 88.9 Å². The molecule has 0 aliphatic carbocycles. The van der Waals surface area contributed by atoms with Gasteiger partial charge < -0.3 is 15.0 Å². The van der Waals surface area contributed by atoms with E-state index in [0.717, 1.165) is 9.87 Å². The molecule has 1 atom stereocenters. The van der Waals surface area contributed by atoms with Crippen LogP contribution in [0.25, 0.3) is 0 Å². The van der Waals surface area contributed by atoms with E-state index in [0.29, 0.717) is 28.9 Å². The van der Waals surface area contributed by atoms with Crippen molar-refractivity contribution in [3.8, 4) is 5.75 Å². The van der Waals surface area contributed by atoms with E-state index in [1.165, 1.54) is 17.0 Å². The van der Waals surface area contributed by atoms with E-state index in [4.69, 9.17) is 4.74 Å². The molecule has 10 heteroatoms. The fourth-order valence-corrected chi connectivity index (χ4v) is 5.83. The van der Waals surface area contributed by atoms with Crippen molar-refractivity contribution in [2.75, 3.05) is 24.5 Å². The average molecular weight is 603 g/mol. The van der Waals surface area contributed by atoms with Crippen molar-refractivity contribution in [1.29, 1.82) is 0 Å². The minimum atomic E-state index is -4.10. The van der Waals surface area contributed by atoms with Gasteiger partial charge in [-0.15, -0.1) is 0 Å². The maximum absolute atomic E-state index is 13.9. The number of methoxy groups -OCH3 is 1. The van der Waals surface area contributed by atoms with Crippen molar-refractivity contribution in [2.24, 2.45) is 0 Å². The second kappa shape index (κ2) is 13.4. The molecule has 0 saturated heterocycles. The highest BCUT2D eigenvalue weighted by atomic mass is 79.9. The number of likely N-dealkylation sites (N-methyl/N-ethyl adjacent to an activating group) is 1. The van der Waals surface area contributed by atoms with Gasteiger partial charge in [0.1, 0.15) is 18.3 Å². The van der Waals surface area contributed by atoms with Crippen LogP contribution in [0.3, 0.4) is 0 Å². The zero-order valence-corrected chi connectivity index (χ0v) is 24.0. The Bertz CT molecular complexity index is 1330. The third-order valence-electron chi connectivity index (χ3n) is 5.96. The van der Waals surface area contributed by atoms with E-state index in [1.54, 1.807) is 61.7 Å². The highest BCUT2D eigenvalue weighted by Crippen LogP contribution is 2.27. The van der Waals surface area contributed by atoms with Gasteiger partial charge in [-0.05, 0) is 61.4 Å². The summed E-state index contributed by atoms with van der Waals surface area (Å²) in [6, 6.07) is 21.1. The Morgan fingerprint density at radius 2 is 1.66 bits per heavy atom. The maximum Gasteiger partial charge on any atom is 0.264 e. The van der Waals surface area contributed by atoms with Crippen LogP contribution in [0.4, 0.5) is 5.69 Å². The molecule has 1 unspecified atom stereocenters. The summed E-state index contributed by atoms with van der Waals surface area (Å²) < 4.78 is 34.5. The molecule has 3 aromatic carbocycles. The van der Waals surface area contributed by atoms with Crippen LogP contribution in [0, 0.1) is 0 Å². The van der Waals surface area contributed by atoms with Gasteiger partial charge in [0.25, 0.3) is 10.0 Å². The van der Waals surface area contributed by atoms with Gasteiger partial charge in [-0.2, -0.15) is 0 Å². The summed E-state index contributed by atoms with van der Waals surface area (Å²) in [5.41, 5.74) is 1.11. The molecule has 2 amide bonds. The maximum atomic E-state index is 13.9. The Labute approximate surface area is 232 Å². The number of sulfonamides is 1. The Morgan fingerprint density at radius 1 is 0.974 bits per heavy atom. The van der Waals surface area contributed by atoms with Gasteiger partial charge in [0, 0.05) is 17.6 Å². The smallest absolute Gasteiger partial charge is 0.264 e. The Morgan fingerprint density at radius 3 is 2.24 bits per heavy atom. The van der Waals surface area contributed by atoms with Crippen molar-refractivity contribution < 1.29 is 22.7 Å². The van der Waals surface area contributed by atoms with Crippen LogP contribution in [0.2, 0.25) is 0 Å². The molecular formula is C28H32BrN3O5S. The fourth-order valence-electron chi connectivity index (χ4n) is 4.02. The number of carbonyl (C=O) groups is 2. The average Bonchev–Trinajstić information content (AvgIpc) is 2.92. The van der Waals surface area contributed by atoms with Gasteiger partial charge in [0.05, 0.1) is 17.7 Å². The van der Waals surface area contributed by atoms with Crippen molar-refractivity contribution >= 4 is 43.5 Å². The lowest BCUT2D eigenvalue weighted by atomic mass is 10.1. The summed E-state index contributed by atoms with van der Waals surface area (Å²) in [6.07, 6.45) is 0.357. The zero-order chi connectivity index (χ0) is 27.7. The van der Waals surface area contributed by atoms with Gasteiger partial charge in [-0.1, -0.05) is 59.3 Å². The van der Waals surface area contributed by atoms with E-state index in [-0.39, 0.29) is 17.3 Å². The molecular weight excluding hydrogens is 570 g/mol. The first kappa shape index (κ1) is 29.2. The lowest BCUT2D eigenvalue weighted by molar-refractivity contribution is -0.140. The van der Waals surface area contributed by atoms with Crippen molar-refractivity contribution in [3.63, 3.8) is 0 Å². The number of ether oxygens (including phenoxy) is 1. The number of benzene rings is 3. The number of hydrogen-bond acceptors (Lipinski definition) is 5. The number of carbonyl (C=O) groups excluding carboxylic acids is 2. The molecule has 8 nitrogen and oxygen atoms in total. The van der Waals surface area contributed by atoms with E-state index >= 15 is 0 Å². The Balaban J connectivity index is 2.04. The normalized spacial score (nSPS) is 11.9. The summed E-state index contributed by atoms with van der Waals surface area (Å²) in [7, 11) is -2.53. The zero-order valence-electron chi connectivity index (χ0n) is 21.6. The summed E-state index contributed by atoms with van der Waals surface area (Å²) in [5, 5.41) is 2.79. The lowest BCUT2D eigenvalue weighted by Gasteiger charge is -2.33. The number of nitrogens with one attached hydrogen (secondary N) is 1. The van der Waals surface area contributed by atoms with Crippen molar-refractivity contribution in [2.45, 2.75) is 37.8 Å². The summed E-state index contributed by atoms with van der Waals surface area (Å²) >= 11 is 3.40. The Kier molecular flexibility index (Phi) is 10.3. The van der Waals surface area contributed by atoms with E-state index < -0.39 is 28.5 Å². The van der Waals surface area contributed by atoms with Crippen LogP contribution in [0.15, 0.2) is 88.2 Å². The lowest BCUT2D eigenvalue weighted by Crippen LogP contribution is -2.52. The third kappa shape index (κ3) is 7.14. The predicted octanol–water partition coefficient (Wildman–Crippen LogP) is 4.60. The second-order valence-corrected chi connectivity index (χ2v) is 11.3. The summed E-state index contributed by atoms with van der Waals surface area (Å²) in [5.74, 6) is -0.132. The number of rotatable bonds is 12.